The highest BCUT2D eigenvalue weighted by Crippen LogP contribution is 2.30. The van der Waals surface area contributed by atoms with E-state index in [9.17, 15) is 0 Å². The van der Waals surface area contributed by atoms with Crippen molar-refractivity contribution < 1.29 is 4.74 Å². The van der Waals surface area contributed by atoms with Crippen molar-refractivity contribution in [2.24, 2.45) is 0 Å². The van der Waals surface area contributed by atoms with E-state index in [0.29, 0.717) is 6.61 Å². The number of aryl methyl sites for hydroxylation is 1. The lowest BCUT2D eigenvalue weighted by Gasteiger charge is -2.17. The van der Waals surface area contributed by atoms with Crippen LogP contribution in [0.2, 0.25) is 0 Å². The van der Waals surface area contributed by atoms with Crippen LogP contribution < -0.4 is 10.5 Å². The molecule has 1 aromatic carbocycles. The number of anilines is 1. The summed E-state index contributed by atoms with van der Waals surface area (Å²) < 4.78 is 5.95. The molecule has 0 spiro atoms. The van der Waals surface area contributed by atoms with Crippen LogP contribution >= 0.6 is 0 Å². The fraction of sp³-hybridized carbons (Fsp3) is 0.438. The molecule has 1 aromatic heterocycles. The maximum Gasteiger partial charge on any atom is 0.127 e. The molecule has 0 saturated heterocycles. The summed E-state index contributed by atoms with van der Waals surface area (Å²) >= 11 is 0. The molecule has 1 saturated carbocycles. The van der Waals surface area contributed by atoms with Crippen molar-refractivity contribution in [3.05, 3.63) is 30.1 Å². The Hall–Kier alpha value is -1.81. The molecule has 1 aliphatic carbocycles. The average molecular weight is 271 g/mol. The summed E-state index contributed by atoms with van der Waals surface area (Å²) in [7, 11) is 2.16. The molecule has 0 atom stereocenters. The molecule has 0 aliphatic heterocycles. The van der Waals surface area contributed by atoms with Gasteiger partial charge in [-0.25, -0.2) is 0 Å². The SMILES string of the molecule is Cc1cc2c(OCCN(C)C3CC3)ccc(N)c2cn1. The Morgan fingerprint density at radius 2 is 2.15 bits per heavy atom. The van der Waals surface area contributed by atoms with E-state index < -0.39 is 0 Å². The Bertz CT molecular complexity index is 622. The maximum atomic E-state index is 6.00. The van der Waals surface area contributed by atoms with Crippen LogP contribution in [0.1, 0.15) is 18.5 Å². The molecule has 106 valence electrons. The zero-order valence-corrected chi connectivity index (χ0v) is 12.1. The highest BCUT2D eigenvalue weighted by molar-refractivity contribution is 5.96. The number of aromatic nitrogens is 1. The number of nitrogens with two attached hydrogens (primary N) is 1. The quantitative estimate of drug-likeness (QED) is 0.849. The second-order valence-electron chi connectivity index (χ2n) is 5.58. The van der Waals surface area contributed by atoms with Gasteiger partial charge in [0.1, 0.15) is 12.4 Å². The minimum Gasteiger partial charge on any atom is -0.492 e. The van der Waals surface area contributed by atoms with Crippen molar-refractivity contribution in [1.82, 2.24) is 9.88 Å². The van der Waals surface area contributed by atoms with Crippen molar-refractivity contribution in [2.75, 3.05) is 25.9 Å². The summed E-state index contributed by atoms with van der Waals surface area (Å²) in [6.07, 6.45) is 4.47. The predicted octanol–water partition coefficient (Wildman–Crippen LogP) is 2.60. The van der Waals surface area contributed by atoms with Gasteiger partial charge in [0.15, 0.2) is 0 Å². The van der Waals surface area contributed by atoms with Crippen LogP contribution in [0.3, 0.4) is 0 Å². The monoisotopic (exact) mass is 271 g/mol. The van der Waals surface area contributed by atoms with Gasteiger partial charge in [-0.15, -0.1) is 0 Å². The van der Waals surface area contributed by atoms with E-state index in [1.165, 1.54) is 12.8 Å². The van der Waals surface area contributed by atoms with E-state index in [1.54, 1.807) is 0 Å². The van der Waals surface area contributed by atoms with Crippen molar-refractivity contribution in [3.63, 3.8) is 0 Å². The summed E-state index contributed by atoms with van der Waals surface area (Å²) in [4.78, 5) is 6.67. The molecule has 4 heteroatoms. The minimum atomic E-state index is 0.702. The zero-order chi connectivity index (χ0) is 14.1. The number of hydrogen-bond acceptors (Lipinski definition) is 4. The molecule has 0 unspecified atom stereocenters. The minimum absolute atomic E-state index is 0.702. The summed E-state index contributed by atoms with van der Waals surface area (Å²) in [5.74, 6) is 0.892. The topological polar surface area (TPSA) is 51.4 Å². The first-order chi connectivity index (χ1) is 9.65. The number of hydrogen-bond donors (Lipinski definition) is 1. The highest BCUT2D eigenvalue weighted by Gasteiger charge is 2.25. The van der Waals surface area contributed by atoms with E-state index in [2.05, 4.69) is 16.9 Å². The van der Waals surface area contributed by atoms with Crippen LogP contribution in [0.4, 0.5) is 5.69 Å². The van der Waals surface area contributed by atoms with Crippen LogP contribution in [0.25, 0.3) is 10.8 Å². The second kappa shape index (κ2) is 5.29. The molecule has 0 bridgehead atoms. The fourth-order valence-electron chi connectivity index (χ4n) is 2.46. The van der Waals surface area contributed by atoms with Crippen LogP contribution in [0, 0.1) is 6.92 Å². The van der Waals surface area contributed by atoms with Gasteiger partial charge in [-0.3, -0.25) is 4.98 Å². The lowest BCUT2D eigenvalue weighted by molar-refractivity contribution is 0.233. The summed E-state index contributed by atoms with van der Waals surface area (Å²) in [6.45, 7) is 3.64. The van der Waals surface area contributed by atoms with E-state index in [4.69, 9.17) is 10.5 Å². The Balaban J connectivity index is 1.76. The molecular weight excluding hydrogens is 250 g/mol. The Labute approximate surface area is 119 Å². The number of benzene rings is 1. The number of rotatable bonds is 5. The largest absolute Gasteiger partial charge is 0.492 e. The first-order valence-electron chi connectivity index (χ1n) is 7.13. The molecule has 4 nitrogen and oxygen atoms in total. The third-order valence-corrected chi connectivity index (χ3v) is 3.90. The van der Waals surface area contributed by atoms with Crippen molar-refractivity contribution in [2.45, 2.75) is 25.8 Å². The van der Waals surface area contributed by atoms with Crippen LogP contribution in [0.15, 0.2) is 24.4 Å². The van der Waals surface area contributed by atoms with E-state index in [-0.39, 0.29) is 0 Å². The van der Waals surface area contributed by atoms with E-state index >= 15 is 0 Å². The van der Waals surface area contributed by atoms with Crippen LogP contribution in [-0.4, -0.2) is 36.1 Å². The number of pyridine rings is 1. The first kappa shape index (κ1) is 13.2. The number of nitrogens with zero attached hydrogens (tertiary/aromatic N) is 2. The van der Waals surface area contributed by atoms with Gasteiger partial charge < -0.3 is 15.4 Å². The summed E-state index contributed by atoms with van der Waals surface area (Å²) in [5, 5.41) is 2.01. The highest BCUT2D eigenvalue weighted by atomic mass is 16.5. The fourth-order valence-corrected chi connectivity index (χ4v) is 2.46. The Kier molecular flexibility index (Phi) is 3.49. The number of nitrogen functional groups attached to an aromatic ring is 1. The molecule has 2 N–H and O–H groups in total. The molecule has 0 radical (unpaired) electrons. The molecule has 1 fully saturated rings. The standard InChI is InChI=1S/C16H21N3O/c1-11-9-13-14(10-18-11)15(17)5-6-16(13)20-8-7-19(2)12-3-4-12/h5-6,9-10,12H,3-4,7-8,17H2,1-2H3. The third kappa shape index (κ3) is 2.70. The lowest BCUT2D eigenvalue weighted by atomic mass is 10.1. The lowest BCUT2D eigenvalue weighted by Crippen LogP contribution is -2.26. The summed E-state index contributed by atoms with van der Waals surface area (Å²) in [6, 6.07) is 6.65. The van der Waals surface area contributed by atoms with Gasteiger partial charge in [-0.1, -0.05) is 0 Å². The van der Waals surface area contributed by atoms with E-state index in [1.807, 2.05) is 31.3 Å². The van der Waals surface area contributed by atoms with Gasteiger partial charge in [0.05, 0.1) is 0 Å². The smallest absolute Gasteiger partial charge is 0.127 e. The number of ether oxygens (including phenoxy) is 1. The Morgan fingerprint density at radius 3 is 2.90 bits per heavy atom. The zero-order valence-electron chi connectivity index (χ0n) is 12.1. The molecule has 3 rings (SSSR count). The third-order valence-electron chi connectivity index (χ3n) is 3.90. The van der Waals surface area contributed by atoms with Gasteiger partial charge in [0, 0.05) is 40.9 Å². The molecule has 20 heavy (non-hydrogen) atoms. The van der Waals surface area contributed by atoms with Gasteiger partial charge in [0.25, 0.3) is 0 Å². The number of fused-ring (bicyclic) bond motifs is 1. The van der Waals surface area contributed by atoms with Crippen molar-refractivity contribution in [3.8, 4) is 5.75 Å². The van der Waals surface area contributed by atoms with Gasteiger partial charge in [-0.05, 0) is 45.0 Å². The number of likely N-dealkylation sites (N-methyl/N-ethyl adjacent to an activating group) is 1. The van der Waals surface area contributed by atoms with E-state index in [0.717, 1.165) is 40.5 Å². The Morgan fingerprint density at radius 1 is 1.35 bits per heavy atom. The van der Waals surface area contributed by atoms with Crippen molar-refractivity contribution >= 4 is 16.5 Å². The van der Waals surface area contributed by atoms with Crippen molar-refractivity contribution in [1.29, 1.82) is 0 Å². The van der Waals surface area contributed by atoms with Crippen LogP contribution in [-0.2, 0) is 0 Å². The molecular formula is C16H21N3O. The van der Waals surface area contributed by atoms with Crippen LogP contribution in [0.5, 0.6) is 5.75 Å². The second-order valence-corrected chi connectivity index (χ2v) is 5.58. The average Bonchev–Trinajstić information content (AvgIpc) is 3.25. The normalized spacial score (nSPS) is 14.9. The molecule has 1 heterocycles. The first-order valence-corrected chi connectivity index (χ1v) is 7.13. The van der Waals surface area contributed by atoms with Gasteiger partial charge in [0.2, 0.25) is 0 Å². The predicted molar refractivity (Wildman–Crippen MR) is 82.0 cm³/mol. The van der Waals surface area contributed by atoms with Gasteiger partial charge in [-0.2, -0.15) is 0 Å². The molecule has 0 amide bonds. The molecule has 2 aromatic rings. The summed E-state index contributed by atoms with van der Waals surface area (Å²) in [5.41, 5.74) is 7.72. The molecule has 1 aliphatic rings. The van der Waals surface area contributed by atoms with Gasteiger partial charge >= 0.3 is 0 Å². The maximum absolute atomic E-state index is 6.00.